The molecule has 0 aromatic carbocycles. The Hall–Kier alpha value is -2.68. The van der Waals surface area contributed by atoms with Gasteiger partial charge < -0.3 is 20.3 Å². The third-order valence-corrected chi connectivity index (χ3v) is 6.15. The van der Waals surface area contributed by atoms with Gasteiger partial charge in [0, 0.05) is 38.8 Å². The van der Waals surface area contributed by atoms with E-state index in [1.807, 2.05) is 12.1 Å². The fourth-order valence-electron chi connectivity index (χ4n) is 4.38. The van der Waals surface area contributed by atoms with Gasteiger partial charge in [0.2, 0.25) is 5.91 Å². The van der Waals surface area contributed by atoms with Crippen molar-refractivity contribution in [3.8, 4) is 0 Å². The van der Waals surface area contributed by atoms with Gasteiger partial charge in [0.1, 0.15) is 11.4 Å². The second-order valence-corrected chi connectivity index (χ2v) is 8.18. The topological polar surface area (TPSA) is 104 Å². The molecular formula is C21H29N5O4. The van der Waals surface area contributed by atoms with Gasteiger partial charge in [0.25, 0.3) is 5.91 Å². The van der Waals surface area contributed by atoms with Crippen molar-refractivity contribution in [2.45, 2.75) is 50.6 Å². The molecule has 162 valence electrons. The summed E-state index contributed by atoms with van der Waals surface area (Å²) in [5.41, 5.74) is 0.163. The van der Waals surface area contributed by atoms with Crippen molar-refractivity contribution in [2.24, 2.45) is 0 Å². The van der Waals surface area contributed by atoms with Gasteiger partial charge in [-0.2, -0.15) is 0 Å². The van der Waals surface area contributed by atoms with E-state index in [0.29, 0.717) is 32.6 Å². The molecule has 3 aliphatic rings. The summed E-state index contributed by atoms with van der Waals surface area (Å²) < 4.78 is 5.35. The number of hydrogen-bond donors (Lipinski definition) is 2. The number of hydrogen-bond acceptors (Lipinski definition) is 6. The maximum Gasteiger partial charge on any atom is 0.325 e. The quantitative estimate of drug-likeness (QED) is 0.676. The summed E-state index contributed by atoms with van der Waals surface area (Å²) in [4.78, 5) is 45.1. The number of nitrogens with zero attached hydrogens (tertiary/aromatic N) is 3. The van der Waals surface area contributed by atoms with E-state index >= 15 is 0 Å². The fourth-order valence-corrected chi connectivity index (χ4v) is 4.38. The Morgan fingerprint density at radius 1 is 1.17 bits per heavy atom. The smallest absolute Gasteiger partial charge is 0.325 e. The van der Waals surface area contributed by atoms with Crippen LogP contribution in [0.15, 0.2) is 18.3 Å². The number of carbonyl (C=O) groups is 3. The SMILES string of the molecule is O=C(CCN1C(=O)NC2(CCCCC2)C1=O)NCc1ccc(N2CCOCC2)nc1. The van der Waals surface area contributed by atoms with Crippen molar-refractivity contribution >= 4 is 23.7 Å². The number of morpholine rings is 1. The number of pyridine rings is 1. The van der Waals surface area contributed by atoms with Crippen LogP contribution in [-0.4, -0.2) is 66.1 Å². The molecule has 1 aromatic heterocycles. The molecule has 9 heteroatoms. The van der Waals surface area contributed by atoms with Crippen LogP contribution in [0.5, 0.6) is 0 Å². The summed E-state index contributed by atoms with van der Waals surface area (Å²) in [5.74, 6) is 0.531. The number of urea groups is 1. The van der Waals surface area contributed by atoms with Crippen LogP contribution in [0.3, 0.4) is 0 Å². The number of ether oxygens (including phenoxy) is 1. The second kappa shape index (κ2) is 8.99. The number of nitrogens with one attached hydrogen (secondary N) is 2. The molecule has 0 bridgehead atoms. The van der Waals surface area contributed by atoms with Crippen LogP contribution in [-0.2, 0) is 20.9 Å². The summed E-state index contributed by atoms with van der Waals surface area (Å²) in [5, 5.41) is 5.71. The Morgan fingerprint density at radius 3 is 2.63 bits per heavy atom. The summed E-state index contributed by atoms with van der Waals surface area (Å²) in [6.45, 7) is 3.53. The minimum absolute atomic E-state index is 0.0918. The number of carbonyl (C=O) groups excluding carboxylic acids is 3. The van der Waals surface area contributed by atoms with Crippen LogP contribution >= 0.6 is 0 Å². The van der Waals surface area contributed by atoms with Crippen LogP contribution in [0.1, 0.15) is 44.1 Å². The maximum atomic E-state index is 12.7. The summed E-state index contributed by atoms with van der Waals surface area (Å²) in [7, 11) is 0. The molecule has 2 saturated heterocycles. The highest BCUT2D eigenvalue weighted by atomic mass is 16.5. The molecule has 1 aromatic rings. The molecule has 2 aliphatic heterocycles. The normalized spacial score (nSPS) is 21.1. The van der Waals surface area contributed by atoms with E-state index in [1.54, 1.807) is 6.20 Å². The highest BCUT2D eigenvalue weighted by molar-refractivity contribution is 6.07. The second-order valence-electron chi connectivity index (χ2n) is 8.18. The molecule has 1 spiro atoms. The van der Waals surface area contributed by atoms with Crippen LogP contribution in [0, 0.1) is 0 Å². The maximum absolute atomic E-state index is 12.7. The van der Waals surface area contributed by atoms with Gasteiger partial charge in [-0.3, -0.25) is 14.5 Å². The predicted molar refractivity (Wildman–Crippen MR) is 110 cm³/mol. The van der Waals surface area contributed by atoms with Gasteiger partial charge in [0.05, 0.1) is 13.2 Å². The Bertz CT molecular complexity index is 785. The zero-order chi connectivity index (χ0) is 21.0. The summed E-state index contributed by atoms with van der Waals surface area (Å²) in [6, 6.07) is 3.52. The van der Waals surface area contributed by atoms with Gasteiger partial charge in [-0.1, -0.05) is 25.3 Å². The van der Waals surface area contributed by atoms with Crippen LogP contribution in [0.2, 0.25) is 0 Å². The lowest BCUT2D eigenvalue weighted by molar-refractivity contribution is -0.132. The van der Waals surface area contributed by atoms with Gasteiger partial charge in [-0.25, -0.2) is 9.78 Å². The summed E-state index contributed by atoms with van der Waals surface area (Å²) in [6.07, 6.45) is 6.21. The predicted octanol–water partition coefficient (Wildman–Crippen LogP) is 1.18. The van der Waals surface area contributed by atoms with E-state index in [-0.39, 0.29) is 30.8 Å². The number of amides is 4. The van der Waals surface area contributed by atoms with Gasteiger partial charge in [-0.15, -0.1) is 0 Å². The third-order valence-electron chi connectivity index (χ3n) is 6.15. The van der Waals surface area contributed by atoms with Crippen molar-refractivity contribution in [2.75, 3.05) is 37.7 Å². The van der Waals surface area contributed by atoms with Crippen LogP contribution in [0.4, 0.5) is 10.6 Å². The highest BCUT2D eigenvalue weighted by Gasteiger charge is 2.51. The number of imide groups is 1. The lowest BCUT2D eigenvalue weighted by atomic mass is 9.82. The molecule has 1 aliphatic carbocycles. The first kappa shape index (κ1) is 20.6. The zero-order valence-corrected chi connectivity index (χ0v) is 17.2. The Morgan fingerprint density at radius 2 is 1.93 bits per heavy atom. The molecule has 4 rings (SSSR count). The first-order valence-electron chi connectivity index (χ1n) is 10.8. The van der Waals surface area contributed by atoms with Crippen molar-refractivity contribution < 1.29 is 19.1 Å². The lowest BCUT2D eigenvalue weighted by Gasteiger charge is -2.30. The molecule has 30 heavy (non-hydrogen) atoms. The molecule has 3 fully saturated rings. The first-order chi connectivity index (χ1) is 14.6. The zero-order valence-electron chi connectivity index (χ0n) is 17.2. The number of rotatable bonds is 6. The van der Waals surface area contributed by atoms with Gasteiger partial charge in [0.15, 0.2) is 0 Å². The average Bonchev–Trinajstić information content (AvgIpc) is 3.01. The first-order valence-corrected chi connectivity index (χ1v) is 10.8. The van der Waals surface area contributed by atoms with Crippen LogP contribution in [0.25, 0.3) is 0 Å². The minimum Gasteiger partial charge on any atom is -0.378 e. The molecular weight excluding hydrogens is 386 g/mol. The largest absolute Gasteiger partial charge is 0.378 e. The molecule has 1 saturated carbocycles. The van der Waals surface area contributed by atoms with Crippen molar-refractivity contribution in [3.05, 3.63) is 23.9 Å². The van der Waals surface area contributed by atoms with E-state index in [2.05, 4.69) is 20.5 Å². The molecule has 0 unspecified atom stereocenters. The lowest BCUT2D eigenvalue weighted by Crippen LogP contribution is -2.48. The van der Waals surface area contributed by atoms with Crippen LogP contribution < -0.4 is 15.5 Å². The van der Waals surface area contributed by atoms with Crippen molar-refractivity contribution in [1.29, 1.82) is 0 Å². The van der Waals surface area contributed by atoms with Crippen molar-refractivity contribution in [3.63, 3.8) is 0 Å². The van der Waals surface area contributed by atoms with E-state index in [4.69, 9.17) is 4.74 Å². The molecule has 9 nitrogen and oxygen atoms in total. The monoisotopic (exact) mass is 415 g/mol. The molecule has 3 heterocycles. The fraction of sp³-hybridized carbons (Fsp3) is 0.619. The standard InChI is InChI=1S/C21H29N5O4/c27-18(6-9-26-19(28)21(24-20(26)29)7-2-1-3-8-21)23-15-16-4-5-17(22-14-16)25-10-12-30-13-11-25/h4-5,14H,1-3,6-13,15H2,(H,23,27)(H,24,29). The minimum atomic E-state index is -0.736. The Labute approximate surface area is 176 Å². The Balaban J connectivity index is 1.23. The highest BCUT2D eigenvalue weighted by Crippen LogP contribution is 2.33. The van der Waals surface area contributed by atoms with Gasteiger partial charge >= 0.3 is 6.03 Å². The van der Waals surface area contributed by atoms with E-state index < -0.39 is 5.54 Å². The number of aromatic nitrogens is 1. The molecule has 2 N–H and O–H groups in total. The molecule has 0 atom stereocenters. The Kier molecular flexibility index (Phi) is 6.17. The third kappa shape index (κ3) is 4.40. The van der Waals surface area contributed by atoms with Crippen molar-refractivity contribution in [1.82, 2.24) is 20.5 Å². The number of anilines is 1. The van der Waals surface area contributed by atoms with Gasteiger partial charge in [-0.05, 0) is 24.5 Å². The molecule has 0 radical (unpaired) electrons. The van der Waals surface area contributed by atoms with E-state index in [1.165, 1.54) is 4.90 Å². The average molecular weight is 415 g/mol. The summed E-state index contributed by atoms with van der Waals surface area (Å²) >= 11 is 0. The van der Waals surface area contributed by atoms with E-state index in [9.17, 15) is 14.4 Å². The van der Waals surface area contributed by atoms with E-state index in [0.717, 1.165) is 43.7 Å². The molecule has 4 amide bonds.